The lowest BCUT2D eigenvalue weighted by atomic mass is 9.89. The number of benzene rings is 1. The molecule has 0 heterocycles. The number of methoxy groups -OCH3 is 1. The zero-order valence-electron chi connectivity index (χ0n) is 22.5. The van der Waals surface area contributed by atoms with Crippen LogP contribution in [0.15, 0.2) is 35.9 Å². The minimum Gasteiger partial charge on any atom is -0.469 e. The lowest BCUT2D eigenvalue weighted by Gasteiger charge is -2.40. The van der Waals surface area contributed by atoms with Crippen molar-refractivity contribution in [2.24, 2.45) is 5.92 Å². The van der Waals surface area contributed by atoms with Crippen molar-refractivity contribution in [3.63, 3.8) is 0 Å². The summed E-state index contributed by atoms with van der Waals surface area (Å²) in [5.41, 5.74) is 2.11. The van der Waals surface area contributed by atoms with E-state index in [0.717, 1.165) is 38.5 Å². The fraction of sp³-hybridized carbons (Fsp3) is 0.655. The van der Waals surface area contributed by atoms with Gasteiger partial charge in [0.25, 0.3) is 0 Å². The summed E-state index contributed by atoms with van der Waals surface area (Å²) < 4.78 is 10.7. The normalized spacial score (nSPS) is 24.7. The number of hydrogen-bond acceptors (Lipinski definition) is 5. The van der Waals surface area contributed by atoms with E-state index in [1.165, 1.54) is 18.2 Å². The van der Waals surface area contributed by atoms with Gasteiger partial charge in [-0.05, 0) is 71.9 Å². The monoisotopic (exact) mass is 484 g/mol. The number of rotatable bonds is 9. The third kappa shape index (κ3) is 7.83. The van der Waals surface area contributed by atoms with Crippen LogP contribution in [0.2, 0.25) is 0 Å². The molecular weight excluding hydrogens is 440 g/mol. The van der Waals surface area contributed by atoms with Crippen molar-refractivity contribution in [1.29, 1.82) is 0 Å². The van der Waals surface area contributed by atoms with Crippen LogP contribution in [0, 0.1) is 5.92 Å². The topological polar surface area (TPSA) is 59.1 Å². The van der Waals surface area contributed by atoms with E-state index in [4.69, 9.17) is 9.47 Å². The molecule has 0 aromatic heterocycles. The van der Waals surface area contributed by atoms with Crippen molar-refractivity contribution < 1.29 is 19.1 Å². The van der Waals surface area contributed by atoms with Gasteiger partial charge in [0, 0.05) is 30.6 Å². The van der Waals surface area contributed by atoms with Gasteiger partial charge in [-0.1, -0.05) is 48.9 Å². The molecule has 0 spiro atoms. The Morgan fingerprint density at radius 3 is 2.26 bits per heavy atom. The molecule has 0 saturated heterocycles. The maximum absolute atomic E-state index is 13.4. The molecule has 0 radical (unpaired) electrons. The van der Waals surface area contributed by atoms with E-state index in [0.29, 0.717) is 24.9 Å². The molecule has 2 unspecified atom stereocenters. The van der Waals surface area contributed by atoms with Gasteiger partial charge in [0.2, 0.25) is 0 Å². The number of carbonyl (C=O) groups is 2. The summed E-state index contributed by atoms with van der Waals surface area (Å²) in [7, 11) is 3.52. The Labute approximate surface area is 211 Å². The lowest BCUT2D eigenvalue weighted by Crippen LogP contribution is -2.49. The van der Waals surface area contributed by atoms with Crippen molar-refractivity contribution in [2.75, 3.05) is 20.7 Å². The van der Waals surface area contributed by atoms with Crippen LogP contribution in [0.25, 0.3) is 6.08 Å². The third-order valence-electron chi connectivity index (χ3n) is 7.33. The molecule has 2 fully saturated rings. The molecule has 1 aromatic carbocycles. The smallest absolute Gasteiger partial charge is 0.410 e. The van der Waals surface area contributed by atoms with Crippen LogP contribution >= 0.6 is 0 Å². The van der Waals surface area contributed by atoms with Crippen LogP contribution in [-0.4, -0.2) is 66.3 Å². The van der Waals surface area contributed by atoms with E-state index in [1.807, 2.05) is 26.8 Å². The van der Waals surface area contributed by atoms with Crippen molar-refractivity contribution in [1.82, 2.24) is 9.80 Å². The van der Waals surface area contributed by atoms with Gasteiger partial charge in [0.05, 0.1) is 13.5 Å². The van der Waals surface area contributed by atoms with E-state index in [2.05, 4.69) is 54.1 Å². The Kier molecular flexibility index (Phi) is 9.40. The Morgan fingerprint density at radius 2 is 1.69 bits per heavy atom. The molecular formula is C29H44N2O4. The van der Waals surface area contributed by atoms with Gasteiger partial charge in [0.1, 0.15) is 5.60 Å². The first-order chi connectivity index (χ1) is 16.6. The molecule has 0 N–H and O–H groups in total. The molecule has 2 aliphatic rings. The second-order valence-corrected chi connectivity index (χ2v) is 11.0. The Bertz CT molecular complexity index is 868. The molecule has 194 valence electrons. The standard InChI is InChI=1S/C29H44N2O4/c1-7-22(19-21-11-9-8-10-12-21)25-20-26(25)31(28(33)35-29(2,3)4)24-15-13-23(14-16-24)30(5)18-17-27(32)34-6/h8-12,19,23-26H,7,13-18,20H2,1-6H3/b22-19+. The molecule has 1 amide bonds. The minimum absolute atomic E-state index is 0.170. The van der Waals surface area contributed by atoms with E-state index in [9.17, 15) is 9.59 Å². The van der Waals surface area contributed by atoms with E-state index < -0.39 is 5.60 Å². The van der Waals surface area contributed by atoms with Crippen LogP contribution in [0.1, 0.15) is 78.2 Å². The summed E-state index contributed by atoms with van der Waals surface area (Å²) in [4.78, 5) is 29.3. The average Bonchev–Trinajstić information content (AvgIpc) is 3.60. The molecule has 1 aromatic rings. The van der Waals surface area contributed by atoms with E-state index >= 15 is 0 Å². The Balaban J connectivity index is 1.68. The molecule has 2 saturated carbocycles. The zero-order valence-corrected chi connectivity index (χ0v) is 22.5. The van der Waals surface area contributed by atoms with Crippen LogP contribution in [-0.2, 0) is 14.3 Å². The van der Waals surface area contributed by atoms with Gasteiger partial charge in [-0.3, -0.25) is 4.79 Å². The summed E-state index contributed by atoms with van der Waals surface area (Å²) in [5, 5.41) is 0. The number of nitrogens with zero attached hydrogens (tertiary/aromatic N) is 2. The number of esters is 1. The van der Waals surface area contributed by atoms with Gasteiger partial charge in [0.15, 0.2) is 0 Å². The lowest BCUT2D eigenvalue weighted by molar-refractivity contribution is -0.141. The summed E-state index contributed by atoms with van der Waals surface area (Å²) in [6, 6.07) is 11.3. The molecule has 2 aliphatic carbocycles. The molecule has 0 aliphatic heterocycles. The average molecular weight is 485 g/mol. The summed E-state index contributed by atoms with van der Waals surface area (Å²) in [5.74, 6) is 0.227. The Morgan fingerprint density at radius 1 is 1.06 bits per heavy atom. The Hall–Kier alpha value is -2.34. The first kappa shape index (κ1) is 27.3. The summed E-state index contributed by atoms with van der Waals surface area (Å²) in [6.45, 7) is 8.72. The van der Waals surface area contributed by atoms with Crippen molar-refractivity contribution >= 4 is 18.1 Å². The fourth-order valence-electron chi connectivity index (χ4n) is 5.32. The number of amides is 1. The maximum atomic E-state index is 13.4. The predicted octanol–water partition coefficient (Wildman–Crippen LogP) is 5.91. The maximum Gasteiger partial charge on any atom is 0.410 e. The number of hydrogen-bond donors (Lipinski definition) is 0. The van der Waals surface area contributed by atoms with Crippen molar-refractivity contribution in [2.45, 2.75) is 96.4 Å². The van der Waals surface area contributed by atoms with Crippen LogP contribution in [0.5, 0.6) is 0 Å². The quantitative estimate of drug-likeness (QED) is 0.408. The highest BCUT2D eigenvalue weighted by atomic mass is 16.6. The third-order valence-corrected chi connectivity index (χ3v) is 7.33. The highest BCUT2D eigenvalue weighted by Crippen LogP contribution is 2.46. The molecule has 2 atom stereocenters. The zero-order chi connectivity index (χ0) is 25.6. The van der Waals surface area contributed by atoms with Crippen molar-refractivity contribution in [3.8, 4) is 0 Å². The highest BCUT2D eigenvalue weighted by Gasteiger charge is 2.49. The van der Waals surface area contributed by atoms with E-state index in [1.54, 1.807) is 0 Å². The summed E-state index contributed by atoms with van der Waals surface area (Å²) in [6.07, 6.45) is 8.46. The van der Waals surface area contributed by atoms with E-state index in [-0.39, 0.29) is 24.1 Å². The fourth-order valence-corrected chi connectivity index (χ4v) is 5.32. The number of ether oxygens (including phenoxy) is 2. The van der Waals surface area contributed by atoms with Gasteiger partial charge in [-0.2, -0.15) is 0 Å². The van der Waals surface area contributed by atoms with Gasteiger partial charge >= 0.3 is 12.1 Å². The molecule has 6 nitrogen and oxygen atoms in total. The van der Waals surface area contributed by atoms with Gasteiger partial charge in [-0.15, -0.1) is 0 Å². The second kappa shape index (κ2) is 12.1. The molecule has 3 rings (SSSR count). The predicted molar refractivity (Wildman–Crippen MR) is 140 cm³/mol. The van der Waals surface area contributed by atoms with Crippen molar-refractivity contribution in [3.05, 3.63) is 41.5 Å². The van der Waals surface area contributed by atoms with Crippen LogP contribution < -0.4 is 0 Å². The minimum atomic E-state index is -0.515. The highest BCUT2D eigenvalue weighted by molar-refractivity contribution is 5.70. The second-order valence-electron chi connectivity index (χ2n) is 11.0. The first-order valence-electron chi connectivity index (χ1n) is 13.2. The summed E-state index contributed by atoms with van der Waals surface area (Å²) >= 11 is 0. The van der Waals surface area contributed by atoms with Crippen LogP contribution in [0.4, 0.5) is 4.79 Å². The van der Waals surface area contributed by atoms with Crippen LogP contribution in [0.3, 0.4) is 0 Å². The SMILES string of the molecule is CC/C(=C\c1ccccc1)C1CC1N(C(=O)OC(C)(C)C)C1CCC(N(C)CCC(=O)OC)CC1. The van der Waals surface area contributed by atoms with Gasteiger partial charge < -0.3 is 19.3 Å². The molecule has 6 heteroatoms. The largest absolute Gasteiger partial charge is 0.469 e. The molecule has 35 heavy (non-hydrogen) atoms. The van der Waals surface area contributed by atoms with Gasteiger partial charge in [-0.25, -0.2) is 4.79 Å². The first-order valence-corrected chi connectivity index (χ1v) is 13.2. The molecule has 0 bridgehead atoms. The number of carbonyl (C=O) groups excluding carboxylic acids is 2.